The number of nitrogens with one attached hydrogen (secondary N) is 1. The van der Waals surface area contributed by atoms with Gasteiger partial charge < -0.3 is 24.2 Å². The third kappa shape index (κ3) is 5.13. The van der Waals surface area contributed by atoms with Gasteiger partial charge in [-0.2, -0.15) is 4.98 Å². The van der Waals surface area contributed by atoms with Crippen LogP contribution in [0.15, 0.2) is 58.8 Å². The van der Waals surface area contributed by atoms with E-state index >= 15 is 0 Å². The number of rotatable bonds is 9. The van der Waals surface area contributed by atoms with Crippen molar-refractivity contribution in [2.24, 2.45) is 0 Å². The average molecular weight is 479 g/mol. The molecule has 0 amide bonds. The number of thiocarbonyl (C=S) groups is 1. The molecule has 34 heavy (non-hydrogen) atoms. The van der Waals surface area contributed by atoms with Crippen LogP contribution in [0.25, 0.3) is 17.0 Å². The molecule has 0 radical (unpaired) electrons. The van der Waals surface area contributed by atoms with Gasteiger partial charge in [0, 0.05) is 31.0 Å². The predicted octanol–water partition coefficient (Wildman–Crippen LogP) is 5.14. The number of methoxy groups -OCH3 is 1. The molecule has 1 atom stereocenters. The van der Waals surface area contributed by atoms with E-state index in [-0.39, 0.29) is 6.04 Å². The van der Waals surface area contributed by atoms with Crippen LogP contribution in [0.2, 0.25) is 0 Å². The summed E-state index contributed by atoms with van der Waals surface area (Å²) in [6, 6.07) is 15.8. The third-order valence-electron chi connectivity index (χ3n) is 5.85. The number of aryl methyl sites for hydroxylation is 1. The molecule has 0 aliphatic carbocycles. The normalized spacial score (nSPS) is 16.1. The van der Waals surface area contributed by atoms with E-state index in [4.69, 9.17) is 31.2 Å². The lowest BCUT2D eigenvalue weighted by Crippen LogP contribution is -2.46. The van der Waals surface area contributed by atoms with Crippen LogP contribution in [0.4, 0.5) is 0 Å². The van der Waals surface area contributed by atoms with Gasteiger partial charge in [-0.25, -0.2) is 0 Å². The monoisotopic (exact) mass is 478 g/mol. The first-order chi connectivity index (χ1) is 16.5. The van der Waals surface area contributed by atoms with E-state index in [1.165, 1.54) is 0 Å². The maximum atomic E-state index is 5.81. The average Bonchev–Trinajstić information content (AvgIpc) is 3.33. The minimum absolute atomic E-state index is 0.229. The molecule has 2 heterocycles. The lowest BCUT2D eigenvalue weighted by Gasteiger charge is -2.37. The second-order valence-corrected chi connectivity index (χ2v) is 8.54. The first kappa shape index (κ1) is 23.9. The molecule has 1 unspecified atom stereocenters. The first-order valence-corrected chi connectivity index (χ1v) is 11.8. The quantitative estimate of drug-likeness (QED) is 0.335. The lowest BCUT2D eigenvalue weighted by atomic mass is 9.94. The Balaban J connectivity index is 1.73. The summed E-state index contributed by atoms with van der Waals surface area (Å²) in [6.45, 7) is 8.20. The summed E-state index contributed by atoms with van der Waals surface area (Å²) in [7, 11) is 1.66. The summed E-state index contributed by atoms with van der Waals surface area (Å²) < 4.78 is 16.7. The summed E-state index contributed by atoms with van der Waals surface area (Å²) in [4.78, 5) is 6.86. The van der Waals surface area contributed by atoms with E-state index in [0.717, 1.165) is 46.7 Å². The van der Waals surface area contributed by atoms with E-state index < -0.39 is 0 Å². The molecule has 1 N–H and O–H groups in total. The fourth-order valence-corrected chi connectivity index (χ4v) is 4.42. The Morgan fingerprint density at radius 1 is 1.15 bits per heavy atom. The Labute approximate surface area is 205 Å². The smallest absolute Gasteiger partial charge is 0.258 e. The SMILES string of the molecule is CCOCCCN1C(=S)NC(c2ccc(OC)cc2)C(c2nc(-c3cccc(C)c3)no2)=C1C. The van der Waals surface area contributed by atoms with Gasteiger partial charge in [0.05, 0.1) is 18.7 Å². The van der Waals surface area contributed by atoms with E-state index in [1.54, 1.807) is 7.11 Å². The number of benzene rings is 2. The molecule has 0 bridgehead atoms. The standard InChI is InChI=1S/C26H30N4O3S/c1-5-32-15-7-14-30-18(3)22(23(27-26(30)34)19-10-12-21(31-4)13-11-19)25-28-24(29-33-25)20-9-6-8-17(2)16-20/h6,8-13,16,23H,5,7,14-15H2,1-4H3,(H,27,34). The lowest BCUT2D eigenvalue weighted by molar-refractivity contribution is 0.141. The van der Waals surface area contributed by atoms with Crippen LogP contribution in [0.5, 0.6) is 5.75 Å². The maximum absolute atomic E-state index is 5.81. The number of allylic oxidation sites excluding steroid dienone is 1. The third-order valence-corrected chi connectivity index (χ3v) is 6.19. The molecule has 1 aliphatic heterocycles. The van der Waals surface area contributed by atoms with Crippen molar-refractivity contribution in [3.63, 3.8) is 0 Å². The topological polar surface area (TPSA) is 72.7 Å². The van der Waals surface area contributed by atoms with Crippen molar-refractivity contribution in [3.05, 3.63) is 71.2 Å². The van der Waals surface area contributed by atoms with Crippen LogP contribution in [-0.2, 0) is 4.74 Å². The van der Waals surface area contributed by atoms with Gasteiger partial charge in [0.2, 0.25) is 5.82 Å². The Kier molecular flexibility index (Phi) is 7.59. The molecule has 0 saturated heterocycles. The summed E-state index contributed by atoms with van der Waals surface area (Å²) in [5.41, 5.74) is 4.98. The first-order valence-electron chi connectivity index (χ1n) is 11.4. The summed E-state index contributed by atoms with van der Waals surface area (Å²) in [6.07, 6.45) is 0.853. The zero-order valence-electron chi connectivity index (χ0n) is 20.0. The van der Waals surface area contributed by atoms with Gasteiger partial charge in [-0.15, -0.1) is 0 Å². The summed E-state index contributed by atoms with van der Waals surface area (Å²) in [5.74, 6) is 1.82. The molecule has 3 aromatic rings. The van der Waals surface area contributed by atoms with Gasteiger partial charge in [0.25, 0.3) is 5.89 Å². The molecule has 0 spiro atoms. The highest BCUT2D eigenvalue weighted by Gasteiger charge is 2.34. The minimum Gasteiger partial charge on any atom is -0.497 e. The highest BCUT2D eigenvalue weighted by Crippen LogP contribution is 2.38. The highest BCUT2D eigenvalue weighted by atomic mass is 32.1. The largest absolute Gasteiger partial charge is 0.497 e. The second-order valence-electron chi connectivity index (χ2n) is 8.15. The van der Waals surface area contributed by atoms with Crippen molar-refractivity contribution in [2.75, 3.05) is 26.9 Å². The van der Waals surface area contributed by atoms with Crippen molar-refractivity contribution in [3.8, 4) is 17.1 Å². The maximum Gasteiger partial charge on any atom is 0.258 e. The second kappa shape index (κ2) is 10.8. The Bertz CT molecular complexity index is 1170. The number of aromatic nitrogens is 2. The van der Waals surface area contributed by atoms with Gasteiger partial charge in [-0.1, -0.05) is 41.1 Å². The van der Waals surface area contributed by atoms with Crippen LogP contribution in [0.3, 0.4) is 0 Å². The molecule has 0 saturated carbocycles. The molecular weight excluding hydrogens is 448 g/mol. The number of nitrogens with zero attached hydrogens (tertiary/aromatic N) is 3. The molecule has 1 aromatic heterocycles. The Morgan fingerprint density at radius 3 is 2.65 bits per heavy atom. The molecule has 4 rings (SSSR count). The zero-order chi connectivity index (χ0) is 24.1. The molecule has 7 nitrogen and oxygen atoms in total. The van der Waals surface area contributed by atoms with Gasteiger partial charge in [0.1, 0.15) is 5.75 Å². The molecule has 8 heteroatoms. The van der Waals surface area contributed by atoms with Crippen LogP contribution in [0, 0.1) is 6.92 Å². The Hall–Kier alpha value is -3.23. The van der Waals surface area contributed by atoms with Crippen molar-refractivity contribution in [1.29, 1.82) is 0 Å². The number of hydrogen-bond donors (Lipinski definition) is 1. The van der Waals surface area contributed by atoms with Crippen molar-refractivity contribution >= 4 is 22.9 Å². The van der Waals surface area contributed by atoms with E-state index in [0.29, 0.717) is 30.0 Å². The van der Waals surface area contributed by atoms with Crippen LogP contribution >= 0.6 is 12.2 Å². The van der Waals surface area contributed by atoms with Crippen molar-refractivity contribution < 1.29 is 14.0 Å². The zero-order valence-corrected chi connectivity index (χ0v) is 20.8. The van der Waals surface area contributed by atoms with Gasteiger partial charge in [0.15, 0.2) is 5.11 Å². The van der Waals surface area contributed by atoms with Crippen LogP contribution in [-0.4, -0.2) is 47.0 Å². The van der Waals surface area contributed by atoms with Crippen LogP contribution < -0.4 is 10.1 Å². The van der Waals surface area contributed by atoms with Gasteiger partial charge in [-0.3, -0.25) is 0 Å². The highest BCUT2D eigenvalue weighted by molar-refractivity contribution is 7.80. The van der Waals surface area contributed by atoms with Gasteiger partial charge >= 0.3 is 0 Å². The van der Waals surface area contributed by atoms with Crippen molar-refractivity contribution in [2.45, 2.75) is 33.2 Å². The number of ether oxygens (including phenoxy) is 2. The van der Waals surface area contributed by atoms with E-state index in [9.17, 15) is 0 Å². The molecule has 2 aromatic carbocycles. The van der Waals surface area contributed by atoms with E-state index in [2.05, 4.69) is 22.3 Å². The number of hydrogen-bond acceptors (Lipinski definition) is 6. The fraction of sp³-hybridized carbons (Fsp3) is 0.346. The van der Waals surface area contributed by atoms with E-state index in [1.807, 2.05) is 62.4 Å². The van der Waals surface area contributed by atoms with Gasteiger partial charge in [-0.05, 0) is 63.2 Å². The fourth-order valence-electron chi connectivity index (χ4n) is 4.08. The summed E-state index contributed by atoms with van der Waals surface area (Å²) in [5, 5.41) is 8.44. The van der Waals surface area contributed by atoms with Crippen molar-refractivity contribution in [1.82, 2.24) is 20.4 Å². The molecule has 0 fully saturated rings. The summed E-state index contributed by atoms with van der Waals surface area (Å²) >= 11 is 5.76. The molecule has 178 valence electrons. The Morgan fingerprint density at radius 2 is 1.94 bits per heavy atom. The van der Waals surface area contributed by atoms with Crippen LogP contribution in [0.1, 0.15) is 43.3 Å². The molecular formula is C26H30N4O3S. The predicted molar refractivity (Wildman–Crippen MR) is 136 cm³/mol. The molecule has 1 aliphatic rings. The minimum atomic E-state index is -0.229.